The summed E-state index contributed by atoms with van der Waals surface area (Å²) in [5.41, 5.74) is 3.59. The van der Waals surface area contributed by atoms with E-state index in [4.69, 9.17) is 0 Å². The summed E-state index contributed by atoms with van der Waals surface area (Å²) in [5, 5.41) is 3.76. The Balaban J connectivity index is 2.27. The van der Waals surface area contributed by atoms with Crippen LogP contribution in [0.5, 0.6) is 0 Å². The Morgan fingerprint density at radius 3 is 2.26 bits per heavy atom. The first-order valence-corrected chi connectivity index (χ1v) is 7.74. The lowest BCUT2D eigenvalue weighted by molar-refractivity contribution is 0.253. The molecule has 19 heavy (non-hydrogen) atoms. The Labute approximate surface area is 118 Å². The first-order valence-electron chi connectivity index (χ1n) is 7.74. The fourth-order valence-electron chi connectivity index (χ4n) is 3.37. The third kappa shape index (κ3) is 3.60. The number of nitrogens with one attached hydrogen (secondary N) is 1. The van der Waals surface area contributed by atoms with Crippen molar-refractivity contribution in [3.8, 4) is 0 Å². The molecule has 1 saturated carbocycles. The van der Waals surface area contributed by atoms with Crippen LogP contribution in [0.1, 0.15) is 64.0 Å². The predicted octanol–water partition coefficient (Wildman–Crippen LogP) is 4.59. The maximum Gasteiger partial charge on any atom is 0.00968 e. The zero-order valence-corrected chi connectivity index (χ0v) is 13.1. The van der Waals surface area contributed by atoms with Crippen molar-refractivity contribution in [1.29, 1.82) is 0 Å². The van der Waals surface area contributed by atoms with Gasteiger partial charge in [0.15, 0.2) is 0 Å². The summed E-state index contributed by atoms with van der Waals surface area (Å²) in [7, 11) is 0. The molecule has 0 amide bonds. The van der Waals surface area contributed by atoms with E-state index in [1.807, 2.05) is 0 Å². The highest BCUT2D eigenvalue weighted by atomic mass is 15.0. The van der Waals surface area contributed by atoms with E-state index in [-0.39, 0.29) is 5.54 Å². The van der Waals surface area contributed by atoms with Crippen LogP contribution in [-0.2, 0) is 5.41 Å². The summed E-state index contributed by atoms with van der Waals surface area (Å²) in [5.74, 6) is 0. The molecule has 0 atom stereocenters. The van der Waals surface area contributed by atoms with Crippen molar-refractivity contribution in [3.63, 3.8) is 0 Å². The summed E-state index contributed by atoms with van der Waals surface area (Å²) < 4.78 is 0. The Morgan fingerprint density at radius 1 is 1.05 bits per heavy atom. The minimum atomic E-state index is 0.202. The van der Waals surface area contributed by atoms with Crippen molar-refractivity contribution < 1.29 is 0 Å². The Kier molecular flexibility index (Phi) is 4.35. The quantitative estimate of drug-likeness (QED) is 0.837. The Hall–Kier alpha value is -0.820. The van der Waals surface area contributed by atoms with Crippen LogP contribution < -0.4 is 5.32 Å². The van der Waals surface area contributed by atoms with E-state index in [1.54, 1.807) is 5.56 Å². The summed E-state index contributed by atoms with van der Waals surface area (Å²) in [6.45, 7) is 10.2. The monoisotopic (exact) mass is 259 g/mol. The zero-order chi connectivity index (χ0) is 13.9. The Bertz CT molecular complexity index is 408. The molecule has 0 aliphatic heterocycles. The molecule has 1 aliphatic carbocycles. The molecule has 1 aromatic rings. The molecule has 1 aromatic carbocycles. The van der Waals surface area contributed by atoms with Gasteiger partial charge in [0.05, 0.1) is 0 Å². The molecular weight excluding hydrogens is 230 g/mol. The van der Waals surface area contributed by atoms with Gasteiger partial charge in [0.1, 0.15) is 0 Å². The lowest BCUT2D eigenvalue weighted by Gasteiger charge is -2.41. The molecule has 0 radical (unpaired) electrons. The van der Waals surface area contributed by atoms with Gasteiger partial charge >= 0.3 is 0 Å². The van der Waals surface area contributed by atoms with Crippen molar-refractivity contribution in [3.05, 3.63) is 35.4 Å². The number of aryl methyl sites for hydroxylation is 1. The van der Waals surface area contributed by atoms with Gasteiger partial charge in [0.2, 0.25) is 0 Å². The van der Waals surface area contributed by atoms with Gasteiger partial charge in [0, 0.05) is 17.5 Å². The molecule has 0 unspecified atom stereocenters. The number of rotatable bonds is 3. The maximum atomic E-state index is 3.76. The highest BCUT2D eigenvalue weighted by Gasteiger charge is 2.35. The van der Waals surface area contributed by atoms with Gasteiger partial charge < -0.3 is 5.32 Å². The van der Waals surface area contributed by atoms with Gasteiger partial charge in [-0.15, -0.1) is 0 Å². The van der Waals surface area contributed by atoms with Gasteiger partial charge in [0.25, 0.3) is 0 Å². The number of hydrogen-bond donors (Lipinski definition) is 1. The van der Waals surface area contributed by atoms with Gasteiger partial charge in [-0.2, -0.15) is 0 Å². The van der Waals surface area contributed by atoms with E-state index < -0.39 is 0 Å². The molecule has 1 nitrogen and oxygen atoms in total. The maximum absolute atomic E-state index is 3.76. The standard InChI is InChI=1S/C18H29N/c1-15-10-6-7-11-16(15)18(12-8-5-9-13-18)14-19-17(2,3)4/h6-7,10-11,19H,5,8-9,12-14H2,1-4H3. The lowest BCUT2D eigenvalue weighted by Crippen LogP contribution is -2.47. The molecule has 2 rings (SSSR count). The first kappa shape index (κ1) is 14.6. The first-order chi connectivity index (χ1) is 8.93. The second kappa shape index (κ2) is 5.66. The van der Waals surface area contributed by atoms with E-state index in [1.165, 1.54) is 37.7 Å². The second-order valence-electron chi connectivity index (χ2n) is 7.26. The van der Waals surface area contributed by atoms with Crippen molar-refractivity contribution in [2.75, 3.05) is 6.54 Å². The highest BCUT2D eigenvalue weighted by molar-refractivity contribution is 5.34. The minimum Gasteiger partial charge on any atom is -0.311 e. The van der Waals surface area contributed by atoms with E-state index in [0.29, 0.717) is 5.41 Å². The molecule has 1 heteroatoms. The van der Waals surface area contributed by atoms with E-state index >= 15 is 0 Å². The van der Waals surface area contributed by atoms with Crippen molar-refractivity contribution >= 4 is 0 Å². The van der Waals surface area contributed by atoms with Crippen molar-refractivity contribution in [2.45, 2.75) is 70.8 Å². The van der Waals surface area contributed by atoms with Gasteiger partial charge in [-0.3, -0.25) is 0 Å². The van der Waals surface area contributed by atoms with Crippen LogP contribution in [0.3, 0.4) is 0 Å². The zero-order valence-electron chi connectivity index (χ0n) is 13.1. The van der Waals surface area contributed by atoms with Crippen LogP contribution >= 0.6 is 0 Å². The van der Waals surface area contributed by atoms with E-state index in [0.717, 1.165) is 6.54 Å². The molecule has 1 fully saturated rings. The van der Waals surface area contributed by atoms with Gasteiger partial charge in [-0.05, 0) is 51.7 Å². The summed E-state index contributed by atoms with van der Waals surface area (Å²) >= 11 is 0. The van der Waals surface area contributed by atoms with E-state index in [2.05, 4.69) is 57.3 Å². The lowest BCUT2D eigenvalue weighted by atomic mass is 9.68. The molecule has 0 saturated heterocycles. The third-order valence-electron chi connectivity index (χ3n) is 4.48. The van der Waals surface area contributed by atoms with E-state index in [9.17, 15) is 0 Å². The summed E-state index contributed by atoms with van der Waals surface area (Å²) in [4.78, 5) is 0. The number of hydrogen-bond acceptors (Lipinski definition) is 1. The fourth-order valence-corrected chi connectivity index (χ4v) is 3.37. The van der Waals surface area contributed by atoms with Crippen molar-refractivity contribution in [1.82, 2.24) is 5.32 Å². The molecule has 1 aliphatic rings. The van der Waals surface area contributed by atoms with Crippen LogP contribution in [0.15, 0.2) is 24.3 Å². The average molecular weight is 259 g/mol. The molecule has 0 bridgehead atoms. The van der Waals surface area contributed by atoms with Crippen LogP contribution in [0.2, 0.25) is 0 Å². The predicted molar refractivity (Wildman–Crippen MR) is 83.7 cm³/mol. The normalized spacial score (nSPS) is 19.4. The highest BCUT2D eigenvalue weighted by Crippen LogP contribution is 2.40. The van der Waals surface area contributed by atoms with Gasteiger partial charge in [-0.25, -0.2) is 0 Å². The average Bonchev–Trinajstić information content (AvgIpc) is 2.37. The minimum absolute atomic E-state index is 0.202. The largest absolute Gasteiger partial charge is 0.311 e. The molecule has 0 aromatic heterocycles. The molecular formula is C18H29N. The SMILES string of the molecule is Cc1ccccc1C1(CNC(C)(C)C)CCCCC1. The molecule has 1 N–H and O–H groups in total. The Morgan fingerprint density at radius 2 is 1.68 bits per heavy atom. The smallest absolute Gasteiger partial charge is 0.00968 e. The van der Waals surface area contributed by atoms with Crippen LogP contribution in [0.4, 0.5) is 0 Å². The van der Waals surface area contributed by atoms with Crippen molar-refractivity contribution in [2.24, 2.45) is 0 Å². The summed E-state index contributed by atoms with van der Waals surface area (Å²) in [6.07, 6.45) is 6.82. The molecule has 0 heterocycles. The van der Waals surface area contributed by atoms with Crippen LogP contribution in [0, 0.1) is 6.92 Å². The van der Waals surface area contributed by atoms with Gasteiger partial charge in [-0.1, -0.05) is 43.5 Å². The fraction of sp³-hybridized carbons (Fsp3) is 0.667. The number of benzene rings is 1. The third-order valence-corrected chi connectivity index (χ3v) is 4.48. The molecule has 0 spiro atoms. The van der Waals surface area contributed by atoms with Crippen LogP contribution in [-0.4, -0.2) is 12.1 Å². The topological polar surface area (TPSA) is 12.0 Å². The second-order valence-corrected chi connectivity index (χ2v) is 7.26. The summed E-state index contributed by atoms with van der Waals surface area (Å²) in [6, 6.07) is 8.98. The van der Waals surface area contributed by atoms with Crippen LogP contribution in [0.25, 0.3) is 0 Å². The molecule has 106 valence electrons.